The summed E-state index contributed by atoms with van der Waals surface area (Å²) < 4.78 is -3.58. The lowest BCUT2D eigenvalue weighted by Crippen LogP contribution is -2.29. The molecule has 3 nitrogen and oxygen atoms in total. The topological polar surface area (TPSA) is 67.9 Å². The standard InChI is InChI=1S/C16H18Cl6N2O/c17-15(18,19)12-3-2-11(10-13(12)16(20,21)22)14(5-8-24,6-9-25)4-1-7-23/h2-3,7-8,10,23-25H,1,4-6,9H2. The van der Waals surface area contributed by atoms with Gasteiger partial charge in [0.25, 0.3) is 0 Å². The van der Waals surface area contributed by atoms with Gasteiger partial charge in [-0.25, -0.2) is 0 Å². The molecule has 3 N–H and O–H groups in total. The van der Waals surface area contributed by atoms with Crippen molar-refractivity contribution >= 4 is 82.0 Å². The van der Waals surface area contributed by atoms with E-state index in [-0.39, 0.29) is 17.7 Å². The van der Waals surface area contributed by atoms with E-state index >= 15 is 0 Å². The van der Waals surface area contributed by atoms with Crippen LogP contribution in [0, 0.1) is 10.8 Å². The normalized spacial score (nSPS) is 14.8. The Morgan fingerprint density at radius 2 is 1.48 bits per heavy atom. The van der Waals surface area contributed by atoms with Gasteiger partial charge in [-0.05, 0) is 43.7 Å². The van der Waals surface area contributed by atoms with Gasteiger partial charge in [0.15, 0.2) is 0 Å². The van der Waals surface area contributed by atoms with Crippen molar-refractivity contribution in [2.45, 2.75) is 38.7 Å². The van der Waals surface area contributed by atoms with Crippen molar-refractivity contribution in [3.63, 3.8) is 0 Å². The fourth-order valence-corrected chi connectivity index (χ4v) is 3.81. The molecule has 0 fully saturated rings. The van der Waals surface area contributed by atoms with Crippen molar-refractivity contribution in [1.82, 2.24) is 0 Å². The van der Waals surface area contributed by atoms with Crippen molar-refractivity contribution in [3.05, 3.63) is 34.9 Å². The second-order valence-corrected chi connectivity index (χ2v) is 10.2. The average Bonchev–Trinajstić information content (AvgIpc) is 2.50. The van der Waals surface area contributed by atoms with Crippen LogP contribution < -0.4 is 0 Å². The molecule has 0 radical (unpaired) electrons. The molecular weight excluding hydrogens is 449 g/mol. The predicted octanol–water partition coefficient (Wildman–Crippen LogP) is 6.43. The number of aliphatic hydroxyl groups is 1. The molecule has 1 unspecified atom stereocenters. The summed E-state index contributed by atoms with van der Waals surface area (Å²) in [6, 6.07) is 4.98. The molecule has 0 bridgehead atoms. The van der Waals surface area contributed by atoms with Gasteiger partial charge in [-0.2, -0.15) is 0 Å². The molecule has 1 aromatic rings. The van der Waals surface area contributed by atoms with E-state index < -0.39 is 13.0 Å². The average molecular weight is 467 g/mol. The van der Waals surface area contributed by atoms with Gasteiger partial charge in [-0.15, -0.1) is 0 Å². The van der Waals surface area contributed by atoms with Gasteiger partial charge in [0.1, 0.15) is 0 Å². The minimum Gasteiger partial charge on any atom is -0.396 e. The monoisotopic (exact) mass is 464 g/mol. The lowest BCUT2D eigenvalue weighted by molar-refractivity contribution is 0.233. The minimum absolute atomic E-state index is 0.0822. The van der Waals surface area contributed by atoms with Crippen LogP contribution in [-0.2, 0) is 13.0 Å². The Kier molecular flexibility index (Phi) is 8.81. The molecule has 0 saturated carbocycles. The molecule has 0 saturated heterocycles. The molecule has 140 valence electrons. The van der Waals surface area contributed by atoms with Crippen LogP contribution in [0.25, 0.3) is 0 Å². The second-order valence-electron chi connectivity index (χ2n) is 5.66. The maximum Gasteiger partial charge on any atom is 0.216 e. The highest BCUT2D eigenvalue weighted by Gasteiger charge is 2.38. The first-order valence-corrected chi connectivity index (χ1v) is 9.66. The Bertz CT molecular complexity index is 612. The summed E-state index contributed by atoms with van der Waals surface area (Å²) in [6.45, 7) is -0.0822. The van der Waals surface area contributed by atoms with E-state index in [1.807, 2.05) is 0 Å². The number of rotatable bonds is 8. The van der Waals surface area contributed by atoms with Gasteiger partial charge < -0.3 is 15.9 Å². The third-order valence-electron chi connectivity index (χ3n) is 4.09. The molecule has 1 atom stereocenters. The van der Waals surface area contributed by atoms with E-state index in [1.165, 1.54) is 12.4 Å². The van der Waals surface area contributed by atoms with Crippen molar-refractivity contribution in [2.75, 3.05) is 6.61 Å². The third-order valence-corrected chi connectivity index (χ3v) is 5.31. The number of halogens is 6. The second kappa shape index (κ2) is 9.45. The van der Waals surface area contributed by atoms with Gasteiger partial charge in [0, 0.05) is 23.1 Å². The summed E-state index contributed by atoms with van der Waals surface area (Å²) in [6.07, 6.45) is 4.37. The molecule has 9 heteroatoms. The Hall–Kier alpha value is 0.260. The van der Waals surface area contributed by atoms with Crippen LogP contribution in [-0.4, -0.2) is 24.1 Å². The van der Waals surface area contributed by atoms with Crippen LogP contribution in [0.5, 0.6) is 0 Å². The highest BCUT2D eigenvalue weighted by Crippen LogP contribution is 2.49. The Morgan fingerprint density at radius 1 is 0.880 bits per heavy atom. The minimum atomic E-state index is -1.81. The summed E-state index contributed by atoms with van der Waals surface area (Å²) in [4.78, 5) is 0. The Morgan fingerprint density at radius 3 is 1.92 bits per heavy atom. The maximum atomic E-state index is 9.53. The molecule has 0 heterocycles. The van der Waals surface area contributed by atoms with E-state index in [4.69, 9.17) is 80.4 Å². The van der Waals surface area contributed by atoms with Crippen molar-refractivity contribution < 1.29 is 5.11 Å². The largest absolute Gasteiger partial charge is 0.396 e. The SMILES string of the molecule is N=CCCC(CC=N)(CCO)c1ccc(C(Cl)(Cl)Cl)c(C(Cl)(Cl)Cl)c1. The maximum absolute atomic E-state index is 9.53. The fourth-order valence-electron chi connectivity index (χ4n) is 2.85. The van der Waals surface area contributed by atoms with Crippen LogP contribution in [0.1, 0.15) is 42.4 Å². The quantitative estimate of drug-likeness (QED) is 0.300. The van der Waals surface area contributed by atoms with E-state index in [0.717, 1.165) is 5.56 Å². The van der Waals surface area contributed by atoms with Crippen molar-refractivity contribution in [1.29, 1.82) is 10.8 Å². The Balaban J connectivity index is 3.60. The highest BCUT2D eigenvalue weighted by molar-refractivity contribution is 6.69. The van der Waals surface area contributed by atoms with Crippen LogP contribution in [0.15, 0.2) is 18.2 Å². The molecule has 1 aromatic carbocycles. The molecule has 0 amide bonds. The number of alkyl halides is 6. The lowest BCUT2D eigenvalue weighted by Gasteiger charge is -2.34. The van der Waals surface area contributed by atoms with E-state index in [0.29, 0.717) is 25.7 Å². The summed E-state index contributed by atoms with van der Waals surface area (Å²) in [5.41, 5.74) is 0.662. The smallest absolute Gasteiger partial charge is 0.216 e. The van der Waals surface area contributed by atoms with Gasteiger partial charge in [-0.1, -0.05) is 87.8 Å². The van der Waals surface area contributed by atoms with Crippen molar-refractivity contribution in [2.24, 2.45) is 0 Å². The van der Waals surface area contributed by atoms with E-state index in [9.17, 15) is 5.11 Å². The van der Waals surface area contributed by atoms with Crippen LogP contribution in [0.2, 0.25) is 0 Å². The van der Waals surface area contributed by atoms with Crippen LogP contribution >= 0.6 is 69.6 Å². The number of nitrogens with one attached hydrogen (secondary N) is 2. The fraction of sp³-hybridized carbons (Fsp3) is 0.500. The molecule has 0 aliphatic heterocycles. The number of aliphatic hydroxyl groups excluding tert-OH is 1. The van der Waals surface area contributed by atoms with Crippen LogP contribution in [0.3, 0.4) is 0 Å². The highest BCUT2D eigenvalue weighted by atomic mass is 35.6. The van der Waals surface area contributed by atoms with E-state index in [1.54, 1.807) is 18.2 Å². The van der Waals surface area contributed by atoms with Gasteiger partial charge in [-0.3, -0.25) is 0 Å². The molecule has 25 heavy (non-hydrogen) atoms. The zero-order valence-corrected chi connectivity index (χ0v) is 17.7. The molecule has 1 rings (SSSR count). The molecule has 0 aromatic heterocycles. The summed E-state index contributed by atoms with van der Waals surface area (Å²) in [5, 5.41) is 24.4. The lowest BCUT2D eigenvalue weighted by atomic mass is 9.71. The molecule has 0 aliphatic carbocycles. The molecule has 0 aliphatic rings. The summed E-state index contributed by atoms with van der Waals surface area (Å²) in [7, 11) is 0. The van der Waals surface area contributed by atoms with E-state index in [2.05, 4.69) is 0 Å². The first-order valence-electron chi connectivity index (χ1n) is 7.39. The zero-order chi connectivity index (χ0) is 19.3. The molecular formula is C16H18Cl6N2O. The number of hydrogen-bond acceptors (Lipinski definition) is 3. The number of hydrogen-bond donors (Lipinski definition) is 3. The number of benzene rings is 1. The summed E-state index contributed by atoms with van der Waals surface area (Å²) in [5.74, 6) is 0. The van der Waals surface area contributed by atoms with Gasteiger partial charge in [0.2, 0.25) is 7.59 Å². The van der Waals surface area contributed by atoms with Gasteiger partial charge in [0.05, 0.1) is 0 Å². The first-order chi connectivity index (χ1) is 11.5. The van der Waals surface area contributed by atoms with Crippen LogP contribution in [0.4, 0.5) is 0 Å². The van der Waals surface area contributed by atoms with Gasteiger partial charge >= 0.3 is 0 Å². The molecule has 0 spiro atoms. The Labute approximate surface area is 177 Å². The summed E-state index contributed by atoms with van der Waals surface area (Å²) >= 11 is 36.2. The third kappa shape index (κ3) is 6.14. The first kappa shape index (κ1) is 23.3. The predicted molar refractivity (Wildman–Crippen MR) is 110 cm³/mol. The zero-order valence-electron chi connectivity index (χ0n) is 13.1. The van der Waals surface area contributed by atoms with Crippen molar-refractivity contribution in [3.8, 4) is 0 Å².